The number of ether oxygens (including phenoxy) is 3. The third kappa shape index (κ3) is 4.67. The maximum Gasteiger partial charge on any atom is 0.230 e. The van der Waals surface area contributed by atoms with Crippen molar-refractivity contribution < 1.29 is 19.0 Å². The highest BCUT2D eigenvalue weighted by Crippen LogP contribution is 2.35. The predicted octanol–water partition coefficient (Wildman–Crippen LogP) is 1.87. The van der Waals surface area contributed by atoms with Gasteiger partial charge in [0.05, 0.1) is 19.0 Å². The maximum atomic E-state index is 12.4. The molecule has 0 radical (unpaired) electrons. The summed E-state index contributed by atoms with van der Waals surface area (Å²) in [4.78, 5) is 16.0. The molecule has 3 aliphatic heterocycles. The quantitative estimate of drug-likeness (QED) is 0.719. The van der Waals surface area contributed by atoms with Crippen LogP contribution in [0.2, 0.25) is 0 Å². The minimum Gasteiger partial charge on any atom is -0.486 e. The zero-order chi connectivity index (χ0) is 18.5. The lowest BCUT2D eigenvalue weighted by Gasteiger charge is -2.43. The van der Waals surface area contributed by atoms with E-state index < -0.39 is 0 Å². The molecular formula is C19H26N2O4S2. The number of carbonyl (C=O) groups is 1. The van der Waals surface area contributed by atoms with Crippen LogP contribution in [0.5, 0.6) is 11.5 Å². The highest BCUT2D eigenvalue weighted by Gasteiger charge is 2.40. The standard InChI is InChI=1S/C19H26N2O4S2/c22-18(12-27-15-1-2-16-17(11-15)25-9-8-24-16)20-13-19(3-10-26-14-19)21-4-6-23-7-5-21/h1-2,11H,3-10,12-14H2,(H,20,22). The first-order chi connectivity index (χ1) is 13.3. The molecule has 2 saturated heterocycles. The first kappa shape index (κ1) is 19.2. The molecule has 1 N–H and O–H groups in total. The van der Waals surface area contributed by atoms with Crippen LogP contribution < -0.4 is 14.8 Å². The van der Waals surface area contributed by atoms with Crippen LogP contribution in [-0.2, 0) is 9.53 Å². The summed E-state index contributed by atoms with van der Waals surface area (Å²) < 4.78 is 16.6. The lowest BCUT2D eigenvalue weighted by atomic mass is 9.95. The third-order valence-electron chi connectivity index (χ3n) is 5.26. The zero-order valence-electron chi connectivity index (χ0n) is 15.4. The summed E-state index contributed by atoms with van der Waals surface area (Å²) in [6.07, 6.45) is 1.13. The van der Waals surface area contributed by atoms with Crippen molar-refractivity contribution in [2.45, 2.75) is 16.9 Å². The molecule has 0 aliphatic carbocycles. The highest BCUT2D eigenvalue weighted by atomic mass is 32.2. The van der Waals surface area contributed by atoms with Gasteiger partial charge < -0.3 is 19.5 Å². The fourth-order valence-electron chi connectivity index (χ4n) is 3.71. The number of morpholine rings is 1. The summed E-state index contributed by atoms with van der Waals surface area (Å²) in [5.74, 6) is 4.29. The largest absolute Gasteiger partial charge is 0.486 e. The van der Waals surface area contributed by atoms with Gasteiger partial charge in [0, 0.05) is 35.8 Å². The Morgan fingerprint density at radius 1 is 1.19 bits per heavy atom. The number of hydrogen-bond acceptors (Lipinski definition) is 7. The van der Waals surface area contributed by atoms with E-state index in [9.17, 15) is 4.79 Å². The first-order valence-electron chi connectivity index (χ1n) is 9.45. The minimum atomic E-state index is 0.0828. The average Bonchev–Trinajstić information content (AvgIpc) is 3.21. The second-order valence-corrected chi connectivity index (χ2v) is 9.15. The minimum absolute atomic E-state index is 0.0828. The van der Waals surface area contributed by atoms with Crippen molar-refractivity contribution in [2.75, 3.05) is 63.3 Å². The number of thioether (sulfide) groups is 2. The highest BCUT2D eigenvalue weighted by molar-refractivity contribution is 8.00. The van der Waals surface area contributed by atoms with Crippen molar-refractivity contribution in [1.82, 2.24) is 10.2 Å². The molecule has 0 bridgehead atoms. The van der Waals surface area contributed by atoms with E-state index in [0.29, 0.717) is 19.0 Å². The molecule has 0 saturated carbocycles. The molecular weight excluding hydrogens is 384 g/mol. The molecule has 27 heavy (non-hydrogen) atoms. The topological polar surface area (TPSA) is 60.0 Å². The van der Waals surface area contributed by atoms with E-state index in [1.54, 1.807) is 0 Å². The molecule has 6 nitrogen and oxygen atoms in total. The lowest BCUT2D eigenvalue weighted by Crippen LogP contribution is -2.59. The lowest BCUT2D eigenvalue weighted by molar-refractivity contribution is -0.119. The van der Waals surface area contributed by atoms with Gasteiger partial charge in [-0.2, -0.15) is 11.8 Å². The smallest absolute Gasteiger partial charge is 0.230 e. The summed E-state index contributed by atoms with van der Waals surface area (Å²) in [7, 11) is 0. The van der Waals surface area contributed by atoms with E-state index in [2.05, 4.69) is 10.2 Å². The number of nitrogens with zero attached hydrogens (tertiary/aromatic N) is 1. The number of amides is 1. The number of rotatable bonds is 6. The summed E-state index contributed by atoms with van der Waals surface area (Å²) >= 11 is 3.52. The van der Waals surface area contributed by atoms with Crippen LogP contribution in [0.3, 0.4) is 0 Å². The fraction of sp³-hybridized carbons (Fsp3) is 0.632. The van der Waals surface area contributed by atoms with E-state index in [-0.39, 0.29) is 11.4 Å². The average molecular weight is 411 g/mol. The molecule has 0 aromatic heterocycles. The van der Waals surface area contributed by atoms with Crippen molar-refractivity contribution >= 4 is 29.4 Å². The number of fused-ring (bicyclic) bond motifs is 1. The Labute approximate surface area is 168 Å². The van der Waals surface area contributed by atoms with Gasteiger partial charge in [0.2, 0.25) is 5.91 Å². The zero-order valence-corrected chi connectivity index (χ0v) is 17.0. The molecule has 8 heteroatoms. The summed E-state index contributed by atoms with van der Waals surface area (Å²) in [6.45, 7) is 5.39. The van der Waals surface area contributed by atoms with Crippen molar-refractivity contribution in [3.05, 3.63) is 18.2 Å². The molecule has 1 aromatic rings. The predicted molar refractivity (Wildman–Crippen MR) is 108 cm³/mol. The normalized spacial score (nSPS) is 25.3. The van der Waals surface area contributed by atoms with Crippen LogP contribution in [0.4, 0.5) is 0 Å². The van der Waals surface area contributed by atoms with Crippen molar-refractivity contribution in [3.63, 3.8) is 0 Å². The Balaban J connectivity index is 1.28. The van der Waals surface area contributed by atoms with Gasteiger partial charge in [0.15, 0.2) is 11.5 Å². The van der Waals surface area contributed by atoms with Gasteiger partial charge in [0.1, 0.15) is 13.2 Å². The van der Waals surface area contributed by atoms with Gasteiger partial charge >= 0.3 is 0 Å². The second-order valence-electron chi connectivity index (χ2n) is 7.00. The molecule has 0 spiro atoms. The van der Waals surface area contributed by atoms with E-state index in [0.717, 1.165) is 61.4 Å². The number of carbonyl (C=O) groups excluding carboxylic acids is 1. The Hall–Kier alpha value is -1.09. The Bertz CT molecular complexity index is 661. The van der Waals surface area contributed by atoms with Gasteiger partial charge in [-0.1, -0.05) is 0 Å². The van der Waals surface area contributed by atoms with E-state index >= 15 is 0 Å². The van der Waals surface area contributed by atoms with E-state index in [1.165, 1.54) is 17.5 Å². The molecule has 1 aromatic carbocycles. The van der Waals surface area contributed by atoms with Gasteiger partial charge in [-0.15, -0.1) is 11.8 Å². The molecule has 2 fully saturated rings. The fourth-order valence-corrected chi connectivity index (χ4v) is 5.94. The van der Waals surface area contributed by atoms with Crippen LogP contribution in [0, 0.1) is 0 Å². The number of benzene rings is 1. The van der Waals surface area contributed by atoms with Crippen LogP contribution in [0.1, 0.15) is 6.42 Å². The summed E-state index contributed by atoms with van der Waals surface area (Å²) in [5, 5.41) is 3.18. The maximum absolute atomic E-state index is 12.4. The van der Waals surface area contributed by atoms with Gasteiger partial charge in [-0.05, 0) is 30.4 Å². The molecule has 4 rings (SSSR count). The second kappa shape index (κ2) is 8.94. The summed E-state index contributed by atoms with van der Waals surface area (Å²) in [5.41, 5.74) is 0.0891. The van der Waals surface area contributed by atoms with Gasteiger partial charge in [-0.3, -0.25) is 9.69 Å². The molecule has 1 unspecified atom stereocenters. The molecule has 1 amide bonds. The van der Waals surface area contributed by atoms with E-state index in [1.807, 2.05) is 30.0 Å². The van der Waals surface area contributed by atoms with Crippen LogP contribution in [-0.4, -0.2) is 79.7 Å². The van der Waals surface area contributed by atoms with Crippen LogP contribution in [0.25, 0.3) is 0 Å². The number of hydrogen-bond donors (Lipinski definition) is 1. The van der Waals surface area contributed by atoms with E-state index in [4.69, 9.17) is 14.2 Å². The van der Waals surface area contributed by atoms with Crippen LogP contribution >= 0.6 is 23.5 Å². The van der Waals surface area contributed by atoms with Crippen molar-refractivity contribution in [1.29, 1.82) is 0 Å². The SMILES string of the molecule is O=C(CSc1ccc2c(c1)OCCO2)NCC1(N2CCOCC2)CCSC1. The molecule has 3 heterocycles. The van der Waals surface area contributed by atoms with Crippen molar-refractivity contribution in [2.24, 2.45) is 0 Å². The van der Waals surface area contributed by atoms with Crippen LogP contribution in [0.15, 0.2) is 23.1 Å². The Kier molecular flexibility index (Phi) is 6.37. The monoisotopic (exact) mass is 410 g/mol. The molecule has 1 atom stereocenters. The van der Waals surface area contributed by atoms with Crippen molar-refractivity contribution in [3.8, 4) is 11.5 Å². The number of nitrogens with one attached hydrogen (secondary N) is 1. The first-order valence-corrected chi connectivity index (χ1v) is 11.6. The van der Waals surface area contributed by atoms with Gasteiger partial charge in [0.25, 0.3) is 0 Å². The third-order valence-corrected chi connectivity index (χ3v) is 7.49. The Morgan fingerprint density at radius 3 is 2.78 bits per heavy atom. The molecule has 148 valence electrons. The summed E-state index contributed by atoms with van der Waals surface area (Å²) in [6, 6.07) is 5.85. The molecule has 3 aliphatic rings. The van der Waals surface area contributed by atoms with Gasteiger partial charge in [-0.25, -0.2) is 0 Å². The Morgan fingerprint density at radius 2 is 2.00 bits per heavy atom.